The number of carbonyl (C=O) groups excluding carboxylic acids is 1. The Balaban J connectivity index is 2.09. The molecule has 1 amide bonds. The van der Waals surface area contributed by atoms with E-state index in [1.165, 1.54) is 9.20 Å². The molecule has 1 aromatic carbocycles. The van der Waals surface area contributed by atoms with Crippen molar-refractivity contribution in [1.82, 2.24) is 24.7 Å². The zero-order chi connectivity index (χ0) is 16.4. The van der Waals surface area contributed by atoms with Gasteiger partial charge in [-0.15, -0.1) is 0 Å². The van der Waals surface area contributed by atoms with Crippen LogP contribution in [0.2, 0.25) is 0 Å². The van der Waals surface area contributed by atoms with E-state index in [0.717, 1.165) is 5.56 Å². The van der Waals surface area contributed by atoms with Crippen molar-refractivity contribution >= 4 is 11.4 Å². The molecule has 0 saturated heterocycles. The lowest BCUT2D eigenvalue weighted by Crippen LogP contribution is -2.34. The number of likely N-dealkylation sites (N-methyl/N-ethyl adjacent to an activating group) is 1. The highest BCUT2D eigenvalue weighted by Gasteiger charge is 2.14. The van der Waals surface area contributed by atoms with Crippen molar-refractivity contribution in [1.29, 1.82) is 0 Å². The lowest BCUT2D eigenvalue weighted by atomic mass is 10.1. The smallest absolute Gasteiger partial charge is 0.293 e. The van der Waals surface area contributed by atoms with Gasteiger partial charge in [-0.05, 0) is 19.9 Å². The number of nitrogens with one attached hydrogen (secondary N) is 1. The fourth-order valence-electron chi connectivity index (χ4n) is 2.42. The summed E-state index contributed by atoms with van der Waals surface area (Å²) in [6.45, 7) is 3.99. The van der Waals surface area contributed by atoms with Crippen LogP contribution in [0.25, 0.3) is 16.8 Å². The number of fused-ring (bicyclic) bond motifs is 1. The van der Waals surface area contributed by atoms with Gasteiger partial charge in [-0.25, -0.2) is 9.20 Å². The van der Waals surface area contributed by atoms with Crippen molar-refractivity contribution in [2.75, 3.05) is 6.54 Å². The molecule has 23 heavy (non-hydrogen) atoms. The largest absolute Gasteiger partial charge is 0.355 e. The number of hydrogen-bond acceptors (Lipinski definition) is 4. The minimum atomic E-state index is -0.337. The Hall–Kier alpha value is -2.96. The van der Waals surface area contributed by atoms with Gasteiger partial charge in [-0.2, -0.15) is 10.2 Å². The van der Waals surface area contributed by atoms with Crippen LogP contribution in [0.1, 0.15) is 12.7 Å². The van der Waals surface area contributed by atoms with E-state index in [0.29, 0.717) is 23.6 Å². The van der Waals surface area contributed by atoms with Gasteiger partial charge in [0.2, 0.25) is 5.91 Å². The first-order valence-corrected chi connectivity index (χ1v) is 7.39. The topological polar surface area (TPSA) is 81.3 Å². The second kappa shape index (κ2) is 6.04. The van der Waals surface area contributed by atoms with Crippen LogP contribution >= 0.6 is 0 Å². The molecular formula is C16H17N5O2. The molecule has 0 spiro atoms. The Morgan fingerprint density at radius 1 is 1.22 bits per heavy atom. The molecule has 0 unspecified atom stereocenters. The fraction of sp³-hybridized carbons (Fsp3) is 0.250. The third-order valence-corrected chi connectivity index (χ3v) is 3.47. The highest BCUT2D eigenvalue weighted by Crippen LogP contribution is 2.18. The molecule has 2 aromatic heterocycles. The minimum Gasteiger partial charge on any atom is -0.355 e. The van der Waals surface area contributed by atoms with E-state index in [1.807, 2.05) is 37.3 Å². The van der Waals surface area contributed by atoms with Crippen molar-refractivity contribution in [2.45, 2.75) is 20.4 Å². The second-order valence-electron chi connectivity index (χ2n) is 5.16. The number of amides is 1. The zero-order valence-electron chi connectivity index (χ0n) is 13.0. The Morgan fingerprint density at radius 2 is 1.96 bits per heavy atom. The molecule has 2 heterocycles. The quantitative estimate of drug-likeness (QED) is 0.779. The first-order chi connectivity index (χ1) is 11.1. The van der Waals surface area contributed by atoms with Crippen LogP contribution in [0.4, 0.5) is 0 Å². The average molecular weight is 311 g/mol. The Labute approximate surface area is 132 Å². The molecule has 0 aliphatic rings. The number of carbonyl (C=O) groups is 1. The van der Waals surface area contributed by atoms with Gasteiger partial charge in [0.05, 0.1) is 5.69 Å². The van der Waals surface area contributed by atoms with Crippen LogP contribution in [0, 0.1) is 6.92 Å². The first-order valence-electron chi connectivity index (χ1n) is 7.39. The van der Waals surface area contributed by atoms with Gasteiger partial charge in [0.1, 0.15) is 17.9 Å². The van der Waals surface area contributed by atoms with E-state index in [2.05, 4.69) is 15.5 Å². The van der Waals surface area contributed by atoms with Gasteiger partial charge < -0.3 is 5.32 Å². The predicted octanol–water partition coefficient (Wildman–Crippen LogP) is 1.00. The molecule has 0 fully saturated rings. The van der Waals surface area contributed by atoms with E-state index in [9.17, 15) is 9.59 Å². The summed E-state index contributed by atoms with van der Waals surface area (Å²) in [7, 11) is 0. The van der Waals surface area contributed by atoms with Gasteiger partial charge in [0.25, 0.3) is 5.56 Å². The molecule has 0 aliphatic carbocycles. The first kappa shape index (κ1) is 15.0. The van der Waals surface area contributed by atoms with Gasteiger partial charge in [0.15, 0.2) is 0 Å². The van der Waals surface area contributed by atoms with E-state index in [1.54, 1.807) is 13.0 Å². The zero-order valence-corrected chi connectivity index (χ0v) is 13.0. The molecule has 0 radical (unpaired) electrons. The van der Waals surface area contributed by atoms with Crippen LogP contribution in [-0.4, -0.2) is 31.8 Å². The summed E-state index contributed by atoms with van der Waals surface area (Å²) in [6, 6.07) is 11.3. The highest BCUT2D eigenvalue weighted by atomic mass is 16.2. The number of rotatable bonds is 4. The molecule has 3 rings (SSSR count). The fourth-order valence-corrected chi connectivity index (χ4v) is 2.42. The second-order valence-corrected chi connectivity index (χ2v) is 5.16. The maximum atomic E-state index is 12.5. The van der Waals surface area contributed by atoms with Crippen molar-refractivity contribution < 1.29 is 4.79 Å². The van der Waals surface area contributed by atoms with Gasteiger partial charge in [-0.3, -0.25) is 9.59 Å². The molecule has 118 valence electrons. The van der Waals surface area contributed by atoms with Crippen molar-refractivity contribution in [3.8, 4) is 11.3 Å². The molecule has 0 saturated carbocycles. The van der Waals surface area contributed by atoms with Gasteiger partial charge in [-0.1, -0.05) is 30.3 Å². The van der Waals surface area contributed by atoms with Crippen molar-refractivity contribution in [3.63, 3.8) is 0 Å². The summed E-state index contributed by atoms with van der Waals surface area (Å²) in [5.74, 6) is 0.305. The van der Waals surface area contributed by atoms with Crippen LogP contribution in [0.3, 0.4) is 0 Å². The molecule has 0 atom stereocenters. The van der Waals surface area contributed by atoms with Crippen LogP contribution in [0.15, 0.2) is 41.2 Å². The Bertz CT molecular complexity index is 911. The summed E-state index contributed by atoms with van der Waals surface area (Å²) in [5.41, 5.74) is 1.69. The average Bonchev–Trinajstić information content (AvgIpc) is 2.99. The van der Waals surface area contributed by atoms with E-state index in [-0.39, 0.29) is 18.0 Å². The third kappa shape index (κ3) is 2.85. The lowest BCUT2D eigenvalue weighted by molar-refractivity contribution is -0.121. The minimum absolute atomic E-state index is 0.101. The van der Waals surface area contributed by atoms with Crippen molar-refractivity contribution in [3.05, 3.63) is 52.6 Å². The number of benzene rings is 1. The highest BCUT2D eigenvalue weighted by molar-refractivity contribution is 5.75. The SMILES string of the molecule is CCNC(=O)Cn1nc(C)n2nc(-c3ccccc3)cc2c1=O. The van der Waals surface area contributed by atoms with Crippen LogP contribution in [-0.2, 0) is 11.3 Å². The summed E-state index contributed by atoms with van der Waals surface area (Å²) in [6.07, 6.45) is 0. The Morgan fingerprint density at radius 3 is 2.65 bits per heavy atom. The lowest BCUT2D eigenvalue weighted by Gasteiger charge is -2.06. The summed E-state index contributed by atoms with van der Waals surface area (Å²) in [5, 5.41) is 11.3. The number of hydrogen-bond donors (Lipinski definition) is 1. The number of nitrogens with zero attached hydrogens (tertiary/aromatic N) is 4. The van der Waals surface area contributed by atoms with Crippen LogP contribution < -0.4 is 10.9 Å². The van der Waals surface area contributed by atoms with Crippen molar-refractivity contribution in [2.24, 2.45) is 0 Å². The van der Waals surface area contributed by atoms with Gasteiger partial charge in [0, 0.05) is 12.1 Å². The molecule has 0 bridgehead atoms. The summed E-state index contributed by atoms with van der Waals surface area (Å²) >= 11 is 0. The standard InChI is InChI=1S/C16H17N5O2/c1-3-17-15(22)10-20-16(23)14-9-13(12-7-5-4-6-8-12)19-21(14)11(2)18-20/h4-9H,3,10H2,1-2H3,(H,17,22). The van der Waals surface area contributed by atoms with E-state index >= 15 is 0 Å². The molecular weight excluding hydrogens is 294 g/mol. The molecule has 7 heteroatoms. The maximum Gasteiger partial charge on any atom is 0.293 e. The molecule has 1 N–H and O–H groups in total. The molecule has 0 aliphatic heterocycles. The maximum absolute atomic E-state index is 12.5. The number of aryl methyl sites for hydroxylation is 1. The van der Waals surface area contributed by atoms with Gasteiger partial charge >= 0.3 is 0 Å². The number of aromatic nitrogens is 4. The molecule has 3 aromatic rings. The molecule has 7 nitrogen and oxygen atoms in total. The normalized spacial score (nSPS) is 10.9. The Kier molecular flexibility index (Phi) is 3.92. The van der Waals surface area contributed by atoms with Crippen LogP contribution in [0.5, 0.6) is 0 Å². The van der Waals surface area contributed by atoms with E-state index < -0.39 is 0 Å². The summed E-state index contributed by atoms with van der Waals surface area (Å²) in [4.78, 5) is 24.2. The summed E-state index contributed by atoms with van der Waals surface area (Å²) < 4.78 is 2.69. The third-order valence-electron chi connectivity index (χ3n) is 3.47. The van der Waals surface area contributed by atoms with E-state index in [4.69, 9.17) is 0 Å². The predicted molar refractivity (Wildman–Crippen MR) is 86.1 cm³/mol. The monoisotopic (exact) mass is 311 g/mol.